The van der Waals surface area contributed by atoms with Crippen LogP contribution in [-0.2, 0) is 9.59 Å². The Morgan fingerprint density at radius 1 is 1.17 bits per heavy atom. The summed E-state index contributed by atoms with van der Waals surface area (Å²) in [4.78, 5) is 25.1. The molecule has 0 radical (unpaired) electrons. The number of carbonyl (C=O) groups is 2. The first-order chi connectivity index (χ1) is 13.9. The largest absolute Gasteiger partial charge is 0.344 e. The molecule has 0 fully saturated rings. The quantitative estimate of drug-likeness (QED) is 0.421. The number of hydrogen-bond donors (Lipinski definition) is 2. The molecule has 2 amide bonds. The van der Waals surface area contributed by atoms with Crippen molar-refractivity contribution in [1.29, 1.82) is 0 Å². The monoisotopic (exact) mass is 480 g/mol. The highest BCUT2D eigenvalue weighted by molar-refractivity contribution is 9.10. The van der Waals surface area contributed by atoms with Crippen LogP contribution in [0.3, 0.4) is 0 Å². The maximum absolute atomic E-state index is 12.8. The Morgan fingerprint density at radius 2 is 1.97 bits per heavy atom. The Labute approximate surface area is 185 Å². The van der Waals surface area contributed by atoms with Crippen LogP contribution in [-0.4, -0.2) is 28.1 Å². The van der Waals surface area contributed by atoms with E-state index in [0.29, 0.717) is 11.6 Å². The van der Waals surface area contributed by atoms with Gasteiger partial charge in [-0.15, -0.1) is 10.2 Å². The second-order valence-corrected chi connectivity index (χ2v) is 9.05. The number of rotatable bonds is 11. The van der Waals surface area contributed by atoms with Crippen molar-refractivity contribution in [1.82, 2.24) is 15.5 Å². The molecule has 2 N–H and O–H groups in total. The zero-order chi connectivity index (χ0) is 21.2. The van der Waals surface area contributed by atoms with Crippen molar-refractivity contribution in [2.24, 2.45) is 5.92 Å². The van der Waals surface area contributed by atoms with E-state index >= 15 is 0 Å². The third-order valence-corrected chi connectivity index (χ3v) is 6.18. The van der Waals surface area contributed by atoms with Crippen molar-refractivity contribution in [3.05, 3.63) is 28.7 Å². The first kappa shape index (κ1) is 23.5. The van der Waals surface area contributed by atoms with Gasteiger partial charge >= 0.3 is 0 Å². The van der Waals surface area contributed by atoms with Gasteiger partial charge in [0.05, 0.1) is 0 Å². The number of unbranched alkanes of at least 4 members (excludes halogenated alkanes) is 3. The number of benzene rings is 1. The molecule has 2 aromatic rings. The second kappa shape index (κ2) is 12.0. The number of amides is 2. The minimum atomic E-state index is -0.586. The van der Waals surface area contributed by atoms with E-state index in [2.05, 4.69) is 43.7 Å². The highest BCUT2D eigenvalue weighted by atomic mass is 79.9. The van der Waals surface area contributed by atoms with Crippen LogP contribution in [0.2, 0.25) is 0 Å². The van der Waals surface area contributed by atoms with Crippen LogP contribution in [0.5, 0.6) is 0 Å². The van der Waals surface area contributed by atoms with E-state index in [1.54, 1.807) is 0 Å². The first-order valence-electron chi connectivity index (χ1n) is 10.1. The number of hydrogen-bond acceptors (Lipinski definition) is 5. The molecule has 8 heteroatoms. The third-order valence-electron chi connectivity index (χ3n) is 4.80. The molecule has 1 heterocycles. The van der Waals surface area contributed by atoms with Gasteiger partial charge in [-0.1, -0.05) is 85.9 Å². The van der Waals surface area contributed by atoms with Crippen LogP contribution in [0.15, 0.2) is 28.7 Å². The van der Waals surface area contributed by atoms with E-state index in [1.807, 2.05) is 38.1 Å². The Balaban J connectivity index is 2.00. The van der Waals surface area contributed by atoms with Crippen LogP contribution < -0.4 is 10.6 Å². The lowest BCUT2D eigenvalue weighted by Crippen LogP contribution is -2.47. The zero-order valence-electron chi connectivity index (χ0n) is 17.2. The molecule has 0 aliphatic heterocycles. The van der Waals surface area contributed by atoms with Gasteiger partial charge in [0.2, 0.25) is 16.9 Å². The molecule has 2 rings (SSSR count). The van der Waals surface area contributed by atoms with Crippen LogP contribution in [0.1, 0.15) is 59.3 Å². The van der Waals surface area contributed by atoms with Gasteiger partial charge in [-0.2, -0.15) is 0 Å². The van der Waals surface area contributed by atoms with E-state index in [0.717, 1.165) is 47.1 Å². The smallest absolute Gasteiger partial charge is 0.249 e. The fourth-order valence-electron chi connectivity index (χ4n) is 2.85. The van der Waals surface area contributed by atoms with Crippen LogP contribution >= 0.6 is 27.3 Å². The van der Waals surface area contributed by atoms with E-state index in [-0.39, 0.29) is 17.7 Å². The summed E-state index contributed by atoms with van der Waals surface area (Å²) in [6, 6.07) is 7.17. The number of halogens is 1. The number of nitrogens with zero attached hydrogens (tertiary/aromatic N) is 2. The van der Waals surface area contributed by atoms with Gasteiger partial charge in [-0.05, 0) is 24.5 Å². The maximum Gasteiger partial charge on any atom is 0.249 e. The van der Waals surface area contributed by atoms with Gasteiger partial charge in [-0.25, -0.2) is 0 Å². The van der Waals surface area contributed by atoms with E-state index in [9.17, 15) is 9.59 Å². The molecular formula is C21H29BrN4O2S. The molecule has 158 valence electrons. The lowest BCUT2D eigenvalue weighted by atomic mass is 9.98. The van der Waals surface area contributed by atoms with Crippen molar-refractivity contribution < 1.29 is 9.59 Å². The van der Waals surface area contributed by atoms with Crippen molar-refractivity contribution >= 4 is 44.2 Å². The van der Waals surface area contributed by atoms with Crippen molar-refractivity contribution in [3.8, 4) is 10.6 Å². The highest BCUT2D eigenvalue weighted by Gasteiger charge is 2.26. The number of anilines is 1. The molecule has 1 aromatic heterocycles. The van der Waals surface area contributed by atoms with E-state index in [4.69, 9.17) is 0 Å². The Bertz CT molecular complexity index is 811. The van der Waals surface area contributed by atoms with Crippen molar-refractivity contribution in [2.75, 3.05) is 5.32 Å². The summed E-state index contributed by atoms with van der Waals surface area (Å²) in [6.07, 6.45) is 5.37. The summed E-state index contributed by atoms with van der Waals surface area (Å²) in [6.45, 7) is 6.11. The molecule has 0 saturated carbocycles. The van der Waals surface area contributed by atoms with Gasteiger partial charge in [-0.3, -0.25) is 14.9 Å². The molecule has 0 unspecified atom stereocenters. The summed E-state index contributed by atoms with van der Waals surface area (Å²) in [7, 11) is 0. The predicted octanol–water partition coefficient (Wildman–Crippen LogP) is 5.41. The molecule has 29 heavy (non-hydrogen) atoms. The average Bonchev–Trinajstić information content (AvgIpc) is 3.17. The third kappa shape index (κ3) is 7.51. The molecule has 0 aliphatic rings. The van der Waals surface area contributed by atoms with Gasteiger partial charge in [0.25, 0.3) is 0 Å². The summed E-state index contributed by atoms with van der Waals surface area (Å²) in [5.41, 5.74) is 0.927. The SMILES string of the molecule is CCCCCCC(=O)N[C@@H](C(=O)Nc1nnc(-c2cccc(Br)c2)s1)[C@H](C)CC. The molecule has 0 aliphatic carbocycles. The Morgan fingerprint density at radius 3 is 2.66 bits per heavy atom. The standard InChI is InChI=1S/C21H29BrN4O2S/c1-4-6-7-8-12-17(27)23-18(14(3)5-2)19(28)24-21-26-25-20(29-21)15-10-9-11-16(22)13-15/h9-11,13-14,18H,4-8,12H2,1-3H3,(H,23,27)(H,24,26,28)/t14-,18-/m1/s1. The summed E-state index contributed by atoms with van der Waals surface area (Å²) in [5, 5.41) is 15.1. The molecule has 6 nitrogen and oxygen atoms in total. The molecule has 0 bridgehead atoms. The topological polar surface area (TPSA) is 84.0 Å². The summed E-state index contributed by atoms with van der Waals surface area (Å²) < 4.78 is 0.953. The van der Waals surface area contributed by atoms with Gasteiger partial charge in [0.15, 0.2) is 0 Å². The summed E-state index contributed by atoms with van der Waals surface area (Å²) >= 11 is 4.76. The number of nitrogens with one attached hydrogen (secondary N) is 2. The van der Waals surface area contributed by atoms with Crippen molar-refractivity contribution in [3.63, 3.8) is 0 Å². The van der Waals surface area contributed by atoms with Crippen LogP contribution in [0.25, 0.3) is 10.6 Å². The number of aromatic nitrogens is 2. The predicted molar refractivity (Wildman–Crippen MR) is 122 cm³/mol. The van der Waals surface area contributed by atoms with Gasteiger partial charge in [0, 0.05) is 16.5 Å². The Kier molecular flexibility index (Phi) is 9.73. The minimum absolute atomic E-state index is 0.0204. The summed E-state index contributed by atoms with van der Waals surface area (Å²) in [5.74, 6) is -0.307. The zero-order valence-corrected chi connectivity index (χ0v) is 19.6. The molecule has 2 atom stereocenters. The maximum atomic E-state index is 12.8. The van der Waals surface area contributed by atoms with E-state index in [1.165, 1.54) is 11.3 Å². The van der Waals surface area contributed by atoms with Crippen LogP contribution in [0.4, 0.5) is 5.13 Å². The molecular weight excluding hydrogens is 452 g/mol. The number of carbonyl (C=O) groups excluding carboxylic acids is 2. The first-order valence-corrected chi connectivity index (χ1v) is 11.7. The van der Waals surface area contributed by atoms with Crippen molar-refractivity contribution in [2.45, 2.75) is 65.3 Å². The van der Waals surface area contributed by atoms with Gasteiger partial charge in [0.1, 0.15) is 11.0 Å². The normalized spacial score (nSPS) is 13.0. The fourth-order valence-corrected chi connectivity index (χ4v) is 4.00. The molecule has 1 aromatic carbocycles. The Hall–Kier alpha value is -1.80. The lowest BCUT2D eigenvalue weighted by molar-refractivity contribution is -0.127. The average molecular weight is 481 g/mol. The minimum Gasteiger partial charge on any atom is -0.344 e. The van der Waals surface area contributed by atoms with Crippen LogP contribution in [0, 0.1) is 5.92 Å². The fraction of sp³-hybridized carbons (Fsp3) is 0.524. The second-order valence-electron chi connectivity index (χ2n) is 7.15. The molecule has 0 spiro atoms. The van der Waals surface area contributed by atoms with E-state index < -0.39 is 6.04 Å². The highest BCUT2D eigenvalue weighted by Crippen LogP contribution is 2.28. The molecule has 0 saturated heterocycles. The van der Waals surface area contributed by atoms with Gasteiger partial charge < -0.3 is 5.32 Å². The lowest BCUT2D eigenvalue weighted by Gasteiger charge is -2.23.